The molecule has 1 aliphatic rings. The summed E-state index contributed by atoms with van der Waals surface area (Å²) in [6, 6.07) is 0.252. The molecule has 5 heteroatoms. The Hall–Kier alpha value is -0.520. The zero-order valence-corrected chi connectivity index (χ0v) is 10.5. The summed E-state index contributed by atoms with van der Waals surface area (Å²) in [6.45, 7) is 0. The van der Waals surface area contributed by atoms with E-state index in [2.05, 4.69) is 22.3 Å². The quantitative estimate of drug-likeness (QED) is 0.618. The highest BCUT2D eigenvalue weighted by Gasteiger charge is 2.20. The Balaban J connectivity index is 1.94. The second-order valence-electron chi connectivity index (χ2n) is 4.46. The first-order valence-electron chi connectivity index (χ1n) is 5.82. The lowest BCUT2D eigenvalue weighted by atomic mass is 9.92. The fourth-order valence-electron chi connectivity index (χ4n) is 2.24. The molecule has 1 saturated heterocycles. The lowest BCUT2D eigenvalue weighted by molar-refractivity contribution is 0.373. The molecule has 0 saturated carbocycles. The third-order valence-corrected chi connectivity index (χ3v) is 4.29. The predicted molar refractivity (Wildman–Crippen MR) is 67.9 cm³/mol. The normalized spacial score (nSPS) is 19.9. The number of hydrazine groups is 1. The average molecular weight is 240 g/mol. The van der Waals surface area contributed by atoms with Crippen LogP contribution in [0, 0.1) is 5.92 Å². The minimum Gasteiger partial charge on any atom is -0.275 e. The van der Waals surface area contributed by atoms with Crippen molar-refractivity contribution in [2.45, 2.75) is 25.3 Å². The molecule has 0 amide bonds. The Bertz CT molecular complexity index is 320. The number of nitrogens with two attached hydrogens (primary N) is 1. The highest BCUT2D eigenvalue weighted by atomic mass is 32.2. The molecular weight excluding hydrogens is 220 g/mol. The number of rotatable bonds is 4. The monoisotopic (exact) mass is 240 g/mol. The van der Waals surface area contributed by atoms with E-state index in [0.29, 0.717) is 0 Å². The van der Waals surface area contributed by atoms with E-state index in [4.69, 9.17) is 5.84 Å². The van der Waals surface area contributed by atoms with Crippen LogP contribution < -0.4 is 11.3 Å². The van der Waals surface area contributed by atoms with Gasteiger partial charge in [-0.15, -0.1) is 0 Å². The average Bonchev–Trinajstić information content (AvgIpc) is 2.74. The van der Waals surface area contributed by atoms with Crippen LogP contribution in [0.25, 0.3) is 0 Å². The van der Waals surface area contributed by atoms with Gasteiger partial charge in [0.2, 0.25) is 0 Å². The van der Waals surface area contributed by atoms with Gasteiger partial charge < -0.3 is 0 Å². The van der Waals surface area contributed by atoms with Crippen molar-refractivity contribution in [3.8, 4) is 0 Å². The molecule has 1 fully saturated rings. The fourth-order valence-corrected chi connectivity index (χ4v) is 3.44. The number of nitrogens with zero attached hydrogens (tertiary/aromatic N) is 2. The largest absolute Gasteiger partial charge is 0.275 e. The van der Waals surface area contributed by atoms with Gasteiger partial charge in [0.25, 0.3) is 0 Å². The zero-order chi connectivity index (χ0) is 11.4. The molecule has 1 aromatic rings. The summed E-state index contributed by atoms with van der Waals surface area (Å²) in [5, 5.41) is 4.20. The topological polar surface area (TPSA) is 55.9 Å². The molecule has 2 heterocycles. The minimum atomic E-state index is 0.252. The molecule has 0 bridgehead atoms. The molecule has 2 rings (SSSR count). The van der Waals surface area contributed by atoms with Crippen molar-refractivity contribution < 1.29 is 0 Å². The number of hydrogen-bond donors (Lipinski definition) is 2. The number of aryl methyl sites for hydroxylation is 1. The van der Waals surface area contributed by atoms with Crippen molar-refractivity contribution in [1.29, 1.82) is 0 Å². The molecule has 0 spiro atoms. The number of thioether (sulfide) groups is 1. The van der Waals surface area contributed by atoms with E-state index in [1.165, 1.54) is 29.9 Å². The molecule has 0 radical (unpaired) electrons. The summed E-state index contributed by atoms with van der Waals surface area (Å²) in [6.07, 6.45) is 7.72. The molecule has 0 aromatic carbocycles. The smallest absolute Gasteiger partial charge is 0.0538 e. The van der Waals surface area contributed by atoms with Crippen LogP contribution in [0.15, 0.2) is 12.4 Å². The second-order valence-corrected chi connectivity index (χ2v) is 5.68. The van der Waals surface area contributed by atoms with E-state index < -0.39 is 0 Å². The van der Waals surface area contributed by atoms with Crippen LogP contribution >= 0.6 is 11.8 Å². The lowest BCUT2D eigenvalue weighted by Gasteiger charge is -2.25. The molecular formula is C11H20N4S. The zero-order valence-electron chi connectivity index (χ0n) is 9.72. The van der Waals surface area contributed by atoms with Crippen molar-refractivity contribution in [2.75, 3.05) is 11.5 Å². The van der Waals surface area contributed by atoms with Gasteiger partial charge in [0.15, 0.2) is 0 Å². The summed E-state index contributed by atoms with van der Waals surface area (Å²) >= 11 is 2.07. The Morgan fingerprint density at radius 2 is 2.38 bits per heavy atom. The van der Waals surface area contributed by atoms with E-state index in [-0.39, 0.29) is 6.04 Å². The first-order chi connectivity index (χ1) is 7.79. The van der Waals surface area contributed by atoms with Crippen molar-refractivity contribution in [1.82, 2.24) is 15.2 Å². The van der Waals surface area contributed by atoms with Gasteiger partial charge in [-0.25, -0.2) is 0 Å². The van der Waals surface area contributed by atoms with Gasteiger partial charge in [0, 0.05) is 24.8 Å². The third kappa shape index (κ3) is 2.99. The van der Waals surface area contributed by atoms with Crippen LogP contribution in [0.1, 0.15) is 30.9 Å². The second kappa shape index (κ2) is 5.70. The van der Waals surface area contributed by atoms with Gasteiger partial charge >= 0.3 is 0 Å². The maximum Gasteiger partial charge on any atom is 0.0538 e. The van der Waals surface area contributed by atoms with Gasteiger partial charge in [-0.2, -0.15) is 16.9 Å². The van der Waals surface area contributed by atoms with E-state index in [9.17, 15) is 0 Å². The lowest BCUT2D eigenvalue weighted by Crippen LogP contribution is -2.30. The van der Waals surface area contributed by atoms with Crippen molar-refractivity contribution in [2.24, 2.45) is 18.8 Å². The van der Waals surface area contributed by atoms with Gasteiger partial charge in [-0.1, -0.05) is 0 Å². The van der Waals surface area contributed by atoms with Gasteiger partial charge in [0.05, 0.1) is 6.20 Å². The molecule has 3 N–H and O–H groups in total. The summed E-state index contributed by atoms with van der Waals surface area (Å²) in [4.78, 5) is 0. The molecule has 16 heavy (non-hydrogen) atoms. The van der Waals surface area contributed by atoms with Crippen LogP contribution in [0.5, 0.6) is 0 Å². The molecule has 4 nitrogen and oxygen atoms in total. The highest BCUT2D eigenvalue weighted by Crippen LogP contribution is 2.30. The van der Waals surface area contributed by atoms with Crippen LogP contribution in [0.3, 0.4) is 0 Å². The van der Waals surface area contributed by atoms with E-state index in [0.717, 1.165) is 12.3 Å². The third-order valence-electron chi connectivity index (χ3n) is 3.24. The Morgan fingerprint density at radius 1 is 1.62 bits per heavy atom. The number of aromatic nitrogens is 2. The Labute approximate surface area is 101 Å². The van der Waals surface area contributed by atoms with Crippen molar-refractivity contribution >= 4 is 11.8 Å². The maximum atomic E-state index is 5.64. The summed E-state index contributed by atoms with van der Waals surface area (Å²) in [7, 11) is 1.94. The van der Waals surface area contributed by atoms with E-state index in [1.54, 1.807) is 0 Å². The maximum absolute atomic E-state index is 5.64. The molecule has 1 unspecified atom stereocenters. The summed E-state index contributed by atoms with van der Waals surface area (Å²) < 4.78 is 1.83. The van der Waals surface area contributed by atoms with Crippen LogP contribution in [0.2, 0.25) is 0 Å². The molecule has 1 atom stereocenters. The molecule has 90 valence electrons. The Kier molecular flexibility index (Phi) is 4.26. The SMILES string of the molecule is Cn1cc(C(CC2CCSCC2)NN)cn1. The number of hydrogen-bond acceptors (Lipinski definition) is 4. The summed E-state index contributed by atoms with van der Waals surface area (Å²) in [5.74, 6) is 9.05. The molecule has 1 aromatic heterocycles. The summed E-state index contributed by atoms with van der Waals surface area (Å²) in [5.41, 5.74) is 4.12. The molecule has 0 aliphatic carbocycles. The van der Waals surface area contributed by atoms with Crippen molar-refractivity contribution in [3.63, 3.8) is 0 Å². The van der Waals surface area contributed by atoms with E-state index >= 15 is 0 Å². The minimum absolute atomic E-state index is 0.252. The van der Waals surface area contributed by atoms with Crippen LogP contribution in [0.4, 0.5) is 0 Å². The first kappa shape index (κ1) is 12.0. The predicted octanol–water partition coefficient (Wildman–Crippen LogP) is 1.46. The highest BCUT2D eigenvalue weighted by molar-refractivity contribution is 7.99. The van der Waals surface area contributed by atoms with Gasteiger partial charge in [0.1, 0.15) is 0 Å². The van der Waals surface area contributed by atoms with Gasteiger partial charge in [-0.3, -0.25) is 16.0 Å². The van der Waals surface area contributed by atoms with E-state index in [1.807, 2.05) is 24.1 Å². The standard InChI is InChI=1S/C11H20N4S/c1-15-8-10(7-13-15)11(14-12)6-9-2-4-16-5-3-9/h7-9,11,14H,2-6,12H2,1H3. The fraction of sp³-hybridized carbons (Fsp3) is 0.727. The van der Waals surface area contributed by atoms with Gasteiger partial charge in [-0.05, 0) is 36.7 Å². The first-order valence-corrected chi connectivity index (χ1v) is 6.97. The molecule has 1 aliphatic heterocycles. The van der Waals surface area contributed by atoms with Crippen LogP contribution in [-0.2, 0) is 7.05 Å². The Morgan fingerprint density at radius 3 is 2.94 bits per heavy atom. The van der Waals surface area contributed by atoms with Crippen LogP contribution in [-0.4, -0.2) is 21.3 Å². The van der Waals surface area contributed by atoms with Crippen molar-refractivity contribution in [3.05, 3.63) is 18.0 Å². The number of nitrogens with one attached hydrogen (secondary N) is 1.